The zero-order valence-corrected chi connectivity index (χ0v) is 12.3. The summed E-state index contributed by atoms with van der Waals surface area (Å²) in [4.78, 5) is 22.6. The average molecular weight is 299 g/mol. The minimum absolute atomic E-state index is 0.0380. The summed E-state index contributed by atoms with van der Waals surface area (Å²) in [5.74, 6) is 0. The van der Waals surface area contributed by atoms with Crippen LogP contribution < -0.4 is 10.9 Å². The molecular weight excluding hydrogens is 282 g/mol. The number of benzene rings is 1. The van der Waals surface area contributed by atoms with Crippen LogP contribution >= 0.6 is 0 Å². The Morgan fingerprint density at radius 1 is 1.23 bits per heavy atom. The van der Waals surface area contributed by atoms with Gasteiger partial charge in [0.05, 0.1) is 10.6 Å². The summed E-state index contributed by atoms with van der Waals surface area (Å²) in [6.07, 6.45) is 2.36. The largest absolute Gasteiger partial charge is 0.311 e. The van der Waals surface area contributed by atoms with Crippen LogP contribution in [0.3, 0.4) is 0 Å². The quantitative estimate of drug-likeness (QED) is 0.678. The van der Waals surface area contributed by atoms with Crippen molar-refractivity contribution < 1.29 is 4.92 Å². The topological polar surface area (TPSA) is 77.2 Å². The average Bonchev–Trinajstić information content (AvgIpc) is 3.33. The van der Waals surface area contributed by atoms with E-state index in [0.717, 1.165) is 16.8 Å². The summed E-state index contributed by atoms with van der Waals surface area (Å²) in [5, 5.41) is 14.0. The summed E-state index contributed by atoms with van der Waals surface area (Å²) < 4.78 is 1.59. The zero-order chi connectivity index (χ0) is 15.7. The number of nitro groups is 1. The fraction of sp³-hybridized carbons (Fsp3) is 0.312. The number of nitrogens with one attached hydrogen (secondary N) is 1. The van der Waals surface area contributed by atoms with Crippen LogP contribution in [-0.2, 0) is 13.6 Å². The lowest BCUT2D eigenvalue weighted by Crippen LogP contribution is -2.27. The van der Waals surface area contributed by atoms with Gasteiger partial charge in [-0.05, 0) is 36.6 Å². The first-order chi connectivity index (χ1) is 10.6. The van der Waals surface area contributed by atoms with E-state index in [1.54, 1.807) is 23.7 Å². The van der Waals surface area contributed by atoms with Crippen LogP contribution in [0.4, 0.5) is 5.69 Å². The van der Waals surface area contributed by atoms with Gasteiger partial charge in [-0.1, -0.05) is 6.07 Å². The van der Waals surface area contributed by atoms with Gasteiger partial charge in [0.15, 0.2) is 0 Å². The number of hydrogen-bond donors (Lipinski definition) is 1. The second kappa shape index (κ2) is 5.73. The van der Waals surface area contributed by atoms with Crippen molar-refractivity contribution in [3.63, 3.8) is 0 Å². The van der Waals surface area contributed by atoms with Gasteiger partial charge < -0.3 is 9.88 Å². The van der Waals surface area contributed by atoms with E-state index in [2.05, 4.69) is 5.32 Å². The molecule has 1 N–H and O–H groups in total. The van der Waals surface area contributed by atoms with Gasteiger partial charge >= 0.3 is 0 Å². The Labute approximate surface area is 127 Å². The fourth-order valence-electron chi connectivity index (χ4n) is 2.41. The maximum Gasteiger partial charge on any atom is 0.269 e. The second-order valence-electron chi connectivity index (χ2n) is 5.57. The summed E-state index contributed by atoms with van der Waals surface area (Å²) in [5.41, 5.74) is 2.27. The molecule has 2 aromatic rings. The maximum atomic E-state index is 12.4. The molecule has 0 unspecified atom stereocenters. The van der Waals surface area contributed by atoms with Gasteiger partial charge in [-0.3, -0.25) is 14.9 Å². The Balaban J connectivity index is 1.88. The number of pyridine rings is 1. The van der Waals surface area contributed by atoms with Crippen LogP contribution in [0.15, 0.2) is 41.2 Å². The third-order valence-electron chi connectivity index (χ3n) is 3.92. The molecule has 0 spiro atoms. The molecule has 22 heavy (non-hydrogen) atoms. The van der Waals surface area contributed by atoms with Crippen molar-refractivity contribution in [1.29, 1.82) is 0 Å². The highest BCUT2D eigenvalue weighted by Gasteiger charge is 2.20. The third kappa shape index (κ3) is 2.92. The van der Waals surface area contributed by atoms with Crippen LogP contribution in [0.5, 0.6) is 0 Å². The Morgan fingerprint density at radius 3 is 2.50 bits per heavy atom. The Hall–Kier alpha value is -2.47. The van der Waals surface area contributed by atoms with Gasteiger partial charge in [0, 0.05) is 37.3 Å². The molecule has 6 nitrogen and oxygen atoms in total. The van der Waals surface area contributed by atoms with Crippen LogP contribution in [-0.4, -0.2) is 15.5 Å². The van der Waals surface area contributed by atoms with Crippen molar-refractivity contribution in [3.05, 3.63) is 62.4 Å². The molecule has 0 radical (unpaired) electrons. The zero-order valence-electron chi connectivity index (χ0n) is 12.3. The van der Waals surface area contributed by atoms with E-state index in [-0.39, 0.29) is 11.2 Å². The first-order valence-electron chi connectivity index (χ1n) is 7.23. The van der Waals surface area contributed by atoms with E-state index in [0.29, 0.717) is 12.6 Å². The van der Waals surface area contributed by atoms with Crippen LogP contribution in [0.1, 0.15) is 18.4 Å². The lowest BCUT2D eigenvalue weighted by molar-refractivity contribution is -0.384. The molecule has 0 saturated heterocycles. The highest BCUT2D eigenvalue weighted by atomic mass is 16.6. The van der Waals surface area contributed by atoms with Crippen molar-refractivity contribution in [1.82, 2.24) is 9.88 Å². The maximum absolute atomic E-state index is 12.4. The van der Waals surface area contributed by atoms with E-state index in [9.17, 15) is 14.9 Å². The third-order valence-corrected chi connectivity index (χ3v) is 3.92. The van der Waals surface area contributed by atoms with Gasteiger partial charge in [0.25, 0.3) is 11.2 Å². The Kier molecular flexibility index (Phi) is 3.77. The molecule has 3 rings (SSSR count). The highest BCUT2D eigenvalue weighted by molar-refractivity contribution is 5.61. The van der Waals surface area contributed by atoms with Gasteiger partial charge in [0.2, 0.25) is 0 Å². The van der Waals surface area contributed by atoms with Crippen LogP contribution in [0.2, 0.25) is 0 Å². The molecule has 0 amide bonds. The summed E-state index contributed by atoms with van der Waals surface area (Å²) >= 11 is 0. The Morgan fingerprint density at radius 2 is 1.91 bits per heavy atom. The molecule has 6 heteroatoms. The van der Waals surface area contributed by atoms with Crippen molar-refractivity contribution >= 4 is 5.69 Å². The first-order valence-corrected chi connectivity index (χ1v) is 7.23. The van der Waals surface area contributed by atoms with Gasteiger partial charge in [-0.2, -0.15) is 0 Å². The monoisotopic (exact) mass is 299 g/mol. The van der Waals surface area contributed by atoms with Crippen molar-refractivity contribution in [2.24, 2.45) is 7.05 Å². The van der Waals surface area contributed by atoms with E-state index < -0.39 is 4.92 Å². The van der Waals surface area contributed by atoms with E-state index in [1.165, 1.54) is 25.0 Å². The number of aromatic nitrogens is 1. The van der Waals surface area contributed by atoms with Gasteiger partial charge in [-0.15, -0.1) is 0 Å². The minimum atomic E-state index is -0.435. The molecule has 0 atom stereocenters. The van der Waals surface area contributed by atoms with Gasteiger partial charge in [-0.25, -0.2) is 0 Å². The number of nitrogens with zero attached hydrogens (tertiary/aromatic N) is 2. The Bertz CT molecular complexity index is 761. The lowest BCUT2D eigenvalue weighted by atomic mass is 10.1. The number of nitro benzene ring substituents is 1. The van der Waals surface area contributed by atoms with E-state index >= 15 is 0 Å². The molecule has 0 bridgehead atoms. The number of non-ortho nitro benzene ring substituents is 1. The number of hydrogen-bond acceptors (Lipinski definition) is 4. The molecule has 1 saturated carbocycles. The predicted molar refractivity (Wildman–Crippen MR) is 83.6 cm³/mol. The van der Waals surface area contributed by atoms with Crippen molar-refractivity contribution in [2.45, 2.75) is 25.4 Å². The summed E-state index contributed by atoms with van der Waals surface area (Å²) in [7, 11) is 1.72. The standard InChI is InChI=1S/C16H17N3O3/c1-18-15(11-2-7-14(8-3-11)19(21)22)9-4-12(16(18)20)10-17-13-5-6-13/h2-4,7-9,13,17H,5-6,10H2,1H3. The molecule has 1 aromatic carbocycles. The predicted octanol–water partition coefficient (Wildman–Crippen LogP) is 2.21. The summed E-state index contributed by atoms with van der Waals surface area (Å²) in [6, 6.07) is 10.5. The molecule has 1 aliphatic carbocycles. The highest BCUT2D eigenvalue weighted by Crippen LogP contribution is 2.22. The van der Waals surface area contributed by atoms with Crippen LogP contribution in [0.25, 0.3) is 11.3 Å². The smallest absolute Gasteiger partial charge is 0.269 e. The first kappa shape index (κ1) is 14.5. The normalized spacial score (nSPS) is 14.0. The van der Waals surface area contributed by atoms with E-state index in [1.807, 2.05) is 12.1 Å². The molecule has 1 heterocycles. The van der Waals surface area contributed by atoms with Gasteiger partial charge in [0.1, 0.15) is 0 Å². The fourth-order valence-corrected chi connectivity index (χ4v) is 2.41. The second-order valence-corrected chi connectivity index (χ2v) is 5.57. The molecule has 1 aliphatic rings. The van der Waals surface area contributed by atoms with E-state index in [4.69, 9.17) is 0 Å². The molecule has 1 aromatic heterocycles. The SMILES string of the molecule is Cn1c(-c2ccc([N+](=O)[O-])cc2)ccc(CNC2CC2)c1=O. The summed E-state index contributed by atoms with van der Waals surface area (Å²) in [6.45, 7) is 0.581. The number of rotatable bonds is 5. The molecular formula is C16H17N3O3. The lowest BCUT2D eigenvalue weighted by Gasteiger charge is -2.11. The molecule has 114 valence electrons. The van der Waals surface area contributed by atoms with Crippen molar-refractivity contribution in [2.75, 3.05) is 0 Å². The minimum Gasteiger partial charge on any atom is -0.311 e. The van der Waals surface area contributed by atoms with Crippen molar-refractivity contribution in [3.8, 4) is 11.3 Å². The van der Waals surface area contributed by atoms with Crippen LogP contribution in [0, 0.1) is 10.1 Å². The molecule has 1 fully saturated rings. The molecule has 0 aliphatic heterocycles.